The zero-order chi connectivity index (χ0) is 31.0. The third kappa shape index (κ3) is 7.81. The lowest BCUT2D eigenvalue weighted by Crippen LogP contribution is -2.06. The molecule has 5 rings (SSSR count). The minimum absolute atomic E-state index is 0.250. The first-order valence-electron chi connectivity index (χ1n) is 13.0. The molecule has 5 aromatic rings. The predicted octanol–water partition coefficient (Wildman–Crippen LogP) is 7.63. The van der Waals surface area contributed by atoms with Crippen LogP contribution in [0.3, 0.4) is 0 Å². The SMILES string of the molecule is CCOCCOc1ccc(-c2sc(-n3cc(-c4cccc(F)c4)c(C)n3)nc2-c2ccc(C(F)(F)F)cc2)cc1.O=C=O. The van der Waals surface area contributed by atoms with Crippen molar-refractivity contribution in [3.05, 3.63) is 96.1 Å². The molecule has 0 aliphatic carbocycles. The average molecular weight is 612 g/mol. The fraction of sp³-hybridized carbons (Fsp3) is 0.194. The number of alkyl halides is 3. The smallest absolute Gasteiger partial charge is 0.416 e. The molecule has 2 heterocycles. The molecule has 0 radical (unpaired) electrons. The van der Waals surface area contributed by atoms with Gasteiger partial charge in [-0.1, -0.05) is 35.6 Å². The van der Waals surface area contributed by atoms with E-state index in [0.29, 0.717) is 53.2 Å². The number of hydrogen-bond acceptors (Lipinski definition) is 7. The molecule has 0 aliphatic heterocycles. The lowest BCUT2D eigenvalue weighted by Gasteiger charge is -2.09. The summed E-state index contributed by atoms with van der Waals surface area (Å²) in [5.74, 6) is 0.322. The zero-order valence-electron chi connectivity index (χ0n) is 23.0. The quantitative estimate of drug-likeness (QED) is 0.126. The zero-order valence-corrected chi connectivity index (χ0v) is 23.8. The Labute approximate surface area is 248 Å². The third-order valence-electron chi connectivity index (χ3n) is 6.15. The molecule has 43 heavy (non-hydrogen) atoms. The summed E-state index contributed by atoms with van der Waals surface area (Å²) in [6.07, 6.45) is -2.41. The summed E-state index contributed by atoms with van der Waals surface area (Å²) in [6.45, 7) is 5.25. The molecule has 12 heteroatoms. The van der Waals surface area contributed by atoms with Crippen LogP contribution >= 0.6 is 11.3 Å². The van der Waals surface area contributed by atoms with Gasteiger partial charge in [0.1, 0.15) is 18.2 Å². The Kier molecular flexibility index (Phi) is 10.2. The molecule has 0 bridgehead atoms. The van der Waals surface area contributed by atoms with Crippen molar-refractivity contribution in [2.75, 3.05) is 19.8 Å². The van der Waals surface area contributed by atoms with Crippen LogP contribution in [0.25, 0.3) is 38.0 Å². The van der Waals surface area contributed by atoms with E-state index >= 15 is 0 Å². The standard InChI is InChI=1S/C30H25F4N3O2S.CO2/c1-3-38-15-16-39-25-13-9-21(10-14-25)28-27(20-7-11-23(12-8-20)30(32,33)34)35-29(40-28)37-18-26(19(2)36-37)22-5-4-6-24(31)17-22;2-1-3/h4-14,17-18H,3,15-16H2,1-2H3;. The second-order valence-electron chi connectivity index (χ2n) is 8.99. The minimum atomic E-state index is -4.44. The molecule has 0 spiro atoms. The molecule has 0 fully saturated rings. The molecule has 222 valence electrons. The van der Waals surface area contributed by atoms with Gasteiger partial charge in [-0.2, -0.15) is 27.9 Å². The molecule has 0 saturated carbocycles. The van der Waals surface area contributed by atoms with Gasteiger partial charge < -0.3 is 9.47 Å². The Hall–Kier alpha value is -4.64. The summed E-state index contributed by atoms with van der Waals surface area (Å²) in [7, 11) is 0. The summed E-state index contributed by atoms with van der Waals surface area (Å²) in [6, 6.07) is 18.6. The number of benzene rings is 3. The van der Waals surface area contributed by atoms with Crippen molar-refractivity contribution in [3.8, 4) is 43.7 Å². The van der Waals surface area contributed by atoms with E-state index in [1.807, 2.05) is 38.1 Å². The van der Waals surface area contributed by atoms with Crippen LogP contribution < -0.4 is 4.74 Å². The summed E-state index contributed by atoms with van der Waals surface area (Å²) < 4.78 is 66.1. The monoisotopic (exact) mass is 611 g/mol. The van der Waals surface area contributed by atoms with Crippen molar-refractivity contribution in [1.82, 2.24) is 14.8 Å². The highest BCUT2D eigenvalue weighted by Crippen LogP contribution is 2.40. The van der Waals surface area contributed by atoms with Crippen molar-refractivity contribution in [2.24, 2.45) is 0 Å². The molecular formula is C31H25F4N3O4S. The lowest BCUT2D eigenvalue weighted by molar-refractivity contribution is -0.191. The summed E-state index contributed by atoms with van der Waals surface area (Å²) in [5.41, 5.74) is 3.28. The second-order valence-corrected chi connectivity index (χ2v) is 9.96. The normalized spacial score (nSPS) is 11.0. The molecule has 7 nitrogen and oxygen atoms in total. The number of aromatic nitrogens is 3. The maximum atomic E-state index is 13.9. The highest BCUT2D eigenvalue weighted by Gasteiger charge is 2.30. The Bertz CT molecular complexity index is 1690. The minimum Gasteiger partial charge on any atom is -0.491 e. The molecule has 3 aromatic carbocycles. The maximum absolute atomic E-state index is 13.9. The predicted molar refractivity (Wildman–Crippen MR) is 152 cm³/mol. The van der Waals surface area contributed by atoms with Gasteiger partial charge in [0.2, 0.25) is 5.13 Å². The number of ether oxygens (including phenoxy) is 2. The van der Waals surface area contributed by atoms with Gasteiger partial charge in [0.15, 0.2) is 0 Å². The van der Waals surface area contributed by atoms with Crippen LogP contribution in [0.5, 0.6) is 5.75 Å². The first-order chi connectivity index (χ1) is 20.6. The van der Waals surface area contributed by atoms with E-state index in [1.54, 1.807) is 23.0 Å². The van der Waals surface area contributed by atoms with E-state index in [9.17, 15) is 17.6 Å². The molecule has 0 atom stereocenters. The maximum Gasteiger partial charge on any atom is 0.416 e. The molecule has 0 N–H and O–H groups in total. The number of halogens is 4. The number of thiazole rings is 1. The van der Waals surface area contributed by atoms with Crippen molar-refractivity contribution in [2.45, 2.75) is 20.0 Å². The molecule has 0 amide bonds. The Balaban J connectivity index is 0.00000135. The van der Waals surface area contributed by atoms with E-state index in [0.717, 1.165) is 28.1 Å². The number of nitrogens with zero attached hydrogens (tertiary/aromatic N) is 3. The van der Waals surface area contributed by atoms with Crippen molar-refractivity contribution in [3.63, 3.8) is 0 Å². The molecule has 0 saturated heterocycles. The van der Waals surface area contributed by atoms with Crippen molar-refractivity contribution < 1.29 is 36.6 Å². The van der Waals surface area contributed by atoms with Gasteiger partial charge in [-0.25, -0.2) is 14.1 Å². The van der Waals surface area contributed by atoms with Crippen LogP contribution in [0.15, 0.2) is 79.0 Å². The van der Waals surface area contributed by atoms with E-state index in [2.05, 4.69) is 5.10 Å². The fourth-order valence-electron chi connectivity index (χ4n) is 4.18. The van der Waals surface area contributed by atoms with Gasteiger partial charge in [0.25, 0.3) is 0 Å². The van der Waals surface area contributed by atoms with E-state index in [4.69, 9.17) is 24.0 Å². The third-order valence-corrected chi connectivity index (χ3v) is 7.24. The van der Waals surface area contributed by atoms with E-state index in [-0.39, 0.29) is 12.0 Å². The lowest BCUT2D eigenvalue weighted by atomic mass is 10.0. The van der Waals surface area contributed by atoms with E-state index < -0.39 is 11.7 Å². The summed E-state index contributed by atoms with van der Waals surface area (Å²) in [4.78, 5) is 21.8. The van der Waals surface area contributed by atoms with Gasteiger partial charge in [-0.05, 0) is 73.5 Å². The van der Waals surface area contributed by atoms with Crippen LogP contribution in [0.2, 0.25) is 0 Å². The van der Waals surface area contributed by atoms with Crippen LogP contribution in [0.1, 0.15) is 18.2 Å². The van der Waals surface area contributed by atoms with Gasteiger partial charge in [0, 0.05) is 23.9 Å². The second kappa shape index (κ2) is 14.0. The van der Waals surface area contributed by atoms with Crippen LogP contribution in [0, 0.1) is 12.7 Å². The highest BCUT2D eigenvalue weighted by molar-refractivity contribution is 7.18. The molecule has 2 aromatic heterocycles. The van der Waals surface area contributed by atoms with Crippen molar-refractivity contribution in [1.29, 1.82) is 0 Å². The van der Waals surface area contributed by atoms with Crippen LogP contribution in [-0.2, 0) is 20.5 Å². The van der Waals surface area contributed by atoms with Crippen LogP contribution in [-0.4, -0.2) is 40.7 Å². The molecule has 0 aliphatic rings. The van der Waals surface area contributed by atoms with Gasteiger partial charge >= 0.3 is 12.3 Å². The average Bonchev–Trinajstić information content (AvgIpc) is 3.60. The number of rotatable bonds is 9. The fourth-order valence-corrected chi connectivity index (χ4v) is 5.20. The first kappa shape index (κ1) is 31.3. The number of hydrogen-bond donors (Lipinski definition) is 0. The topological polar surface area (TPSA) is 83.3 Å². The summed E-state index contributed by atoms with van der Waals surface area (Å²) >= 11 is 1.35. The largest absolute Gasteiger partial charge is 0.491 e. The molecular weight excluding hydrogens is 586 g/mol. The van der Waals surface area contributed by atoms with Crippen molar-refractivity contribution >= 4 is 17.5 Å². The van der Waals surface area contributed by atoms with E-state index in [1.165, 1.54) is 35.6 Å². The van der Waals surface area contributed by atoms with Crippen LogP contribution in [0.4, 0.5) is 17.6 Å². The molecule has 0 unspecified atom stereocenters. The highest BCUT2D eigenvalue weighted by atomic mass is 32.1. The van der Waals surface area contributed by atoms with Gasteiger partial charge in [-0.3, -0.25) is 0 Å². The Morgan fingerprint density at radius 3 is 2.23 bits per heavy atom. The summed E-state index contributed by atoms with van der Waals surface area (Å²) in [5, 5.41) is 5.12. The Morgan fingerprint density at radius 1 is 0.930 bits per heavy atom. The van der Waals surface area contributed by atoms with Gasteiger partial charge in [0.05, 0.1) is 28.4 Å². The first-order valence-corrected chi connectivity index (χ1v) is 13.8. The number of carbonyl (C=O) groups excluding carboxylic acids is 2. The number of aryl methyl sites for hydroxylation is 1. The van der Waals surface area contributed by atoms with Gasteiger partial charge in [-0.15, -0.1) is 0 Å². The Morgan fingerprint density at radius 2 is 1.60 bits per heavy atom.